The van der Waals surface area contributed by atoms with Gasteiger partial charge in [0.2, 0.25) is 17.8 Å². The molecule has 4 rings (SSSR count). The number of guanidine groups is 1. The van der Waals surface area contributed by atoms with Crippen LogP contribution < -0.4 is 10.1 Å². The molecule has 8 heteroatoms. The van der Waals surface area contributed by atoms with Crippen LogP contribution in [0.4, 0.5) is 5.69 Å². The summed E-state index contributed by atoms with van der Waals surface area (Å²) in [5.41, 5.74) is 1.78. The highest BCUT2D eigenvalue weighted by Crippen LogP contribution is 2.36. The van der Waals surface area contributed by atoms with E-state index in [2.05, 4.69) is 10.3 Å². The van der Waals surface area contributed by atoms with Gasteiger partial charge in [-0.2, -0.15) is 0 Å². The quantitative estimate of drug-likeness (QED) is 0.457. The number of benzene rings is 1. The smallest absolute Gasteiger partial charge is 0.246 e. The fraction of sp³-hybridized carbons (Fsp3) is 0.654. The second-order valence-electron chi connectivity index (χ2n) is 9.66. The van der Waals surface area contributed by atoms with Crippen LogP contribution in [0, 0.1) is 5.92 Å². The van der Waals surface area contributed by atoms with E-state index in [1.165, 1.54) is 38.5 Å². The number of nitrogens with one attached hydrogen (secondary N) is 1. The zero-order valence-electron chi connectivity index (χ0n) is 20.1. The maximum atomic E-state index is 12.7. The Bertz CT molecular complexity index is 882. The van der Waals surface area contributed by atoms with Crippen molar-refractivity contribution < 1.29 is 19.4 Å². The minimum absolute atomic E-state index is 0.00505. The first kappa shape index (κ1) is 24.5. The summed E-state index contributed by atoms with van der Waals surface area (Å²) in [5, 5.41) is 12.2. The van der Waals surface area contributed by atoms with Gasteiger partial charge in [0.1, 0.15) is 18.0 Å². The first-order valence-corrected chi connectivity index (χ1v) is 12.9. The fourth-order valence-electron chi connectivity index (χ4n) is 5.23. The van der Waals surface area contributed by atoms with Gasteiger partial charge in [0.15, 0.2) is 0 Å². The van der Waals surface area contributed by atoms with Crippen LogP contribution in [0.5, 0.6) is 5.75 Å². The van der Waals surface area contributed by atoms with Crippen molar-refractivity contribution in [1.29, 1.82) is 0 Å². The van der Waals surface area contributed by atoms with Gasteiger partial charge in [0.05, 0.1) is 13.2 Å². The van der Waals surface area contributed by atoms with Crippen LogP contribution in [0.2, 0.25) is 0 Å². The van der Waals surface area contributed by atoms with Crippen LogP contribution in [0.1, 0.15) is 69.8 Å². The molecule has 1 saturated carbocycles. The number of rotatable bonds is 12. The second-order valence-corrected chi connectivity index (χ2v) is 9.66. The molecule has 34 heavy (non-hydrogen) atoms. The van der Waals surface area contributed by atoms with Gasteiger partial charge >= 0.3 is 0 Å². The third-order valence-corrected chi connectivity index (χ3v) is 7.08. The largest absolute Gasteiger partial charge is 0.491 e. The lowest BCUT2D eigenvalue weighted by molar-refractivity contribution is -0.132. The number of unbranched alkanes of at least 4 members (excludes halogenated alkanes) is 1. The topological polar surface area (TPSA) is 94.5 Å². The number of carbonyl (C=O) groups excluding carboxylic acids is 2. The van der Waals surface area contributed by atoms with E-state index in [0.717, 1.165) is 36.6 Å². The minimum atomic E-state index is -0.0473. The van der Waals surface area contributed by atoms with Gasteiger partial charge in [-0.1, -0.05) is 57.1 Å². The van der Waals surface area contributed by atoms with E-state index in [1.807, 2.05) is 23.1 Å². The SMILES string of the molecule is O=C1CN2Cc3cccc(OCCCC(=O)N(CCO)CCCCC4CCCCC4)c3N=C2N1. The predicted molar refractivity (Wildman–Crippen MR) is 131 cm³/mol. The van der Waals surface area contributed by atoms with Gasteiger partial charge in [-0.05, 0) is 24.8 Å². The van der Waals surface area contributed by atoms with Gasteiger partial charge < -0.3 is 19.6 Å². The van der Waals surface area contributed by atoms with Crippen molar-refractivity contribution in [3.63, 3.8) is 0 Å². The summed E-state index contributed by atoms with van der Waals surface area (Å²) in [7, 11) is 0. The molecule has 2 N–H and O–H groups in total. The Morgan fingerprint density at radius 2 is 2.00 bits per heavy atom. The van der Waals surface area contributed by atoms with Crippen LogP contribution in [0.3, 0.4) is 0 Å². The van der Waals surface area contributed by atoms with Crippen molar-refractivity contribution in [2.75, 3.05) is 32.8 Å². The number of carbonyl (C=O) groups is 2. The highest BCUT2D eigenvalue weighted by Gasteiger charge is 2.30. The monoisotopic (exact) mass is 470 g/mol. The zero-order chi connectivity index (χ0) is 23.8. The summed E-state index contributed by atoms with van der Waals surface area (Å²) < 4.78 is 5.98. The number of hydrogen-bond donors (Lipinski definition) is 2. The number of aliphatic imine (C=N–C) groups is 1. The number of hydrogen-bond acceptors (Lipinski definition) is 6. The Hall–Kier alpha value is -2.61. The number of amides is 2. The highest BCUT2D eigenvalue weighted by molar-refractivity contribution is 6.06. The molecule has 0 spiro atoms. The highest BCUT2D eigenvalue weighted by atomic mass is 16.5. The van der Waals surface area contributed by atoms with Crippen LogP contribution in [-0.4, -0.2) is 65.5 Å². The van der Waals surface area contributed by atoms with Crippen molar-refractivity contribution >= 4 is 23.5 Å². The van der Waals surface area contributed by atoms with Crippen molar-refractivity contribution in [2.45, 2.75) is 70.8 Å². The maximum Gasteiger partial charge on any atom is 0.246 e. The molecule has 2 heterocycles. The van der Waals surface area contributed by atoms with Gasteiger partial charge in [-0.3, -0.25) is 14.9 Å². The lowest BCUT2D eigenvalue weighted by Crippen LogP contribution is -2.34. The molecule has 3 aliphatic rings. The van der Waals surface area contributed by atoms with E-state index >= 15 is 0 Å². The molecule has 0 bridgehead atoms. The fourth-order valence-corrected chi connectivity index (χ4v) is 5.23. The summed E-state index contributed by atoms with van der Waals surface area (Å²) in [6.07, 6.45) is 11.3. The zero-order valence-corrected chi connectivity index (χ0v) is 20.1. The summed E-state index contributed by atoms with van der Waals surface area (Å²) in [5.74, 6) is 2.15. The van der Waals surface area contributed by atoms with Crippen molar-refractivity contribution in [3.05, 3.63) is 23.8 Å². The summed E-state index contributed by atoms with van der Waals surface area (Å²) in [6, 6.07) is 5.80. The molecule has 2 aliphatic heterocycles. The Labute approximate surface area is 202 Å². The molecule has 0 atom stereocenters. The third kappa shape index (κ3) is 6.50. The first-order valence-electron chi connectivity index (χ1n) is 12.9. The van der Waals surface area contributed by atoms with Gasteiger partial charge in [-0.25, -0.2) is 4.99 Å². The number of para-hydroxylation sites is 1. The molecular weight excluding hydrogens is 432 g/mol. The minimum Gasteiger partial charge on any atom is -0.491 e. The molecule has 0 radical (unpaired) electrons. The molecule has 8 nitrogen and oxygen atoms in total. The van der Waals surface area contributed by atoms with Crippen LogP contribution >= 0.6 is 0 Å². The van der Waals surface area contributed by atoms with Crippen LogP contribution in [0.15, 0.2) is 23.2 Å². The standard InChI is InChI=1S/C26H38N4O4/c31-16-15-29(14-5-4-10-20-8-2-1-3-9-20)24(33)13-7-17-34-22-12-6-11-21-18-30-19-23(32)27-26(30)28-25(21)22/h6,11-12,20,31H,1-5,7-10,13-19H2,(H,27,28,32). The predicted octanol–water partition coefficient (Wildman–Crippen LogP) is 3.35. The van der Waals surface area contributed by atoms with E-state index in [-0.39, 0.29) is 18.4 Å². The molecule has 1 aromatic carbocycles. The molecule has 1 aliphatic carbocycles. The first-order chi connectivity index (χ1) is 16.6. The summed E-state index contributed by atoms with van der Waals surface area (Å²) in [6.45, 7) is 2.48. The molecule has 1 saturated heterocycles. The second kappa shape index (κ2) is 12.2. The molecule has 0 unspecified atom stereocenters. The molecule has 1 aromatic rings. The third-order valence-electron chi connectivity index (χ3n) is 7.08. The van der Waals surface area contributed by atoms with Crippen molar-refractivity contribution in [1.82, 2.24) is 15.1 Å². The molecule has 2 amide bonds. The lowest BCUT2D eigenvalue weighted by atomic mass is 9.86. The van der Waals surface area contributed by atoms with E-state index in [4.69, 9.17) is 4.74 Å². The van der Waals surface area contributed by atoms with E-state index in [0.29, 0.717) is 50.8 Å². The van der Waals surface area contributed by atoms with Crippen LogP contribution in [-0.2, 0) is 16.1 Å². The summed E-state index contributed by atoms with van der Waals surface area (Å²) >= 11 is 0. The summed E-state index contributed by atoms with van der Waals surface area (Å²) in [4.78, 5) is 32.7. The Morgan fingerprint density at radius 3 is 2.82 bits per heavy atom. The average Bonchev–Trinajstić information content (AvgIpc) is 3.21. The Balaban J connectivity index is 1.20. The number of nitrogens with zero attached hydrogens (tertiary/aromatic N) is 3. The Morgan fingerprint density at radius 1 is 1.15 bits per heavy atom. The number of fused-ring (bicyclic) bond motifs is 2. The van der Waals surface area contributed by atoms with E-state index in [1.54, 1.807) is 4.90 Å². The Kier molecular flexibility index (Phi) is 8.79. The number of ether oxygens (including phenoxy) is 1. The average molecular weight is 471 g/mol. The van der Waals surface area contributed by atoms with E-state index in [9.17, 15) is 14.7 Å². The maximum absolute atomic E-state index is 12.7. The lowest BCUT2D eigenvalue weighted by Gasteiger charge is -2.24. The molecule has 186 valence electrons. The molecule has 2 fully saturated rings. The van der Waals surface area contributed by atoms with Gasteiger partial charge in [0.25, 0.3) is 0 Å². The van der Waals surface area contributed by atoms with Gasteiger partial charge in [0, 0.05) is 31.6 Å². The van der Waals surface area contributed by atoms with Crippen LogP contribution in [0.25, 0.3) is 0 Å². The number of aliphatic hydroxyl groups is 1. The van der Waals surface area contributed by atoms with Crippen molar-refractivity contribution in [2.24, 2.45) is 10.9 Å². The van der Waals surface area contributed by atoms with Gasteiger partial charge in [-0.15, -0.1) is 0 Å². The normalized spacial score (nSPS) is 17.6. The molecular formula is C26H38N4O4. The molecule has 0 aromatic heterocycles. The van der Waals surface area contributed by atoms with Crippen molar-refractivity contribution in [3.8, 4) is 5.75 Å². The number of aliphatic hydroxyl groups excluding tert-OH is 1. The van der Waals surface area contributed by atoms with E-state index < -0.39 is 0 Å².